The van der Waals surface area contributed by atoms with Crippen molar-refractivity contribution in [3.8, 4) is 0 Å². The molecule has 5 heteroatoms. The molecule has 0 aromatic carbocycles. The van der Waals surface area contributed by atoms with Crippen LogP contribution in [0.15, 0.2) is 40.4 Å². The third kappa shape index (κ3) is 2.74. The summed E-state index contributed by atoms with van der Waals surface area (Å²) in [5, 5.41) is 4.97. The molecule has 0 atom stereocenters. The van der Waals surface area contributed by atoms with Crippen molar-refractivity contribution in [2.75, 3.05) is 0 Å². The van der Waals surface area contributed by atoms with Gasteiger partial charge in [0, 0.05) is 0 Å². The summed E-state index contributed by atoms with van der Waals surface area (Å²) in [6.07, 6.45) is 9.99. The van der Waals surface area contributed by atoms with Crippen molar-refractivity contribution in [1.29, 1.82) is 0 Å². The zero-order valence-electron chi connectivity index (χ0n) is 9.69. The van der Waals surface area contributed by atoms with Gasteiger partial charge in [-0.2, -0.15) is 0 Å². The standard InChI is InChI=1S/C5H5.C4H4N.2CH3.2ClH.H2Si.Ti/c2*1-2-4-5-3-1;;;;;;/h1-3H,4H2;1-3,5H;2*1H3;2*1H;1H2;. The Bertz CT molecular complexity index is 468. The predicted molar refractivity (Wildman–Crippen MR) is 77.0 cm³/mol. The second-order valence-electron chi connectivity index (χ2n) is 5.09. The molecule has 1 aromatic rings. The van der Waals surface area contributed by atoms with E-state index in [9.17, 15) is 0 Å². The Kier molecular flexibility index (Phi) is 5.37. The fourth-order valence-electron chi connectivity index (χ4n) is 2.04. The Labute approximate surface area is 112 Å². The van der Waals surface area contributed by atoms with E-state index in [1.54, 1.807) is 3.88 Å². The van der Waals surface area contributed by atoms with Gasteiger partial charge in [-0.1, -0.05) is 0 Å². The Morgan fingerprint density at radius 2 is 2.00 bits per heavy atom. The molecule has 1 aliphatic rings. The van der Waals surface area contributed by atoms with Crippen molar-refractivity contribution in [3.63, 3.8) is 0 Å². The third-order valence-electron chi connectivity index (χ3n) is 3.26. The average Bonchev–Trinajstić information content (AvgIpc) is 2.78. The monoisotopic (exact) mass is 311 g/mol. The maximum absolute atomic E-state index is 3.42. The van der Waals surface area contributed by atoms with Crippen LogP contribution in [0.2, 0.25) is 10.5 Å². The van der Waals surface area contributed by atoms with Gasteiger partial charge in [0.15, 0.2) is 0 Å². The van der Waals surface area contributed by atoms with E-state index in [4.69, 9.17) is 0 Å². The molecular formula is C11H19Cl2NSiTi. The van der Waals surface area contributed by atoms with Gasteiger partial charge in [0.05, 0.1) is 0 Å². The zero-order valence-corrected chi connectivity index (χ0v) is 14.3. The molecule has 0 radical (unpaired) electrons. The fourth-order valence-corrected chi connectivity index (χ4v) is 8.60. The number of halogens is 2. The van der Waals surface area contributed by atoms with Gasteiger partial charge >= 0.3 is 88.0 Å². The summed E-state index contributed by atoms with van der Waals surface area (Å²) in [6.45, 7) is 0. The van der Waals surface area contributed by atoms with E-state index in [0.29, 0.717) is 0 Å². The van der Waals surface area contributed by atoms with E-state index >= 15 is 0 Å². The number of hydrogen-bond donors (Lipinski definition) is 1. The van der Waals surface area contributed by atoms with Crippen LogP contribution in [0.25, 0.3) is 0 Å². The Morgan fingerprint density at radius 3 is 2.44 bits per heavy atom. The minimum absolute atomic E-state index is 0. The molecule has 0 aliphatic heterocycles. The first-order chi connectivity index (χ1) is 6.49. The first kappa shape index (κ1) is 16.3. The Morgan fingerprint density at radius 1 is 1.31 bits per heavy atom. The van der Waals surface area contributed by atoms with Crippen molar-refractivity contribution in [3.05, 3.63) is 40.4 Å². The molecule has 0 bridgehead atoms. The molecule has 16 heavy (non-hydrogen) atoms. The molecule has 0 unspecified atom stereocenters. The molecule has 2 rings (SSSR count). The van der Waals surface area contributed by atoms with Crippen molar-refractivity contribution >= 4 is 36.4 Å². The van der Waals surface area contributed by atoms with Gasteiger partial charge in [0.2, 0.25) is 0 Å². The average molecular weight is 312 g/mol. The number of aromatic amines is 1. The van der Waals surface area contributed by atoms with Crippen LogP contribution >= 0.6 is 24.8 Å². The molecule has 90 valence electrons. The van der Waals surface area contributed by atoms with Gasteiger partial charge in [0.25, 0.3) is 0 Å². The SMILES string of the molecule is Cl.Cl.[CH3][Ti]([CH3])(=[SiH2])([C]1=CC=CC1)[c]1ccc[nH]1. The van der Waals surface area contributed by atoms with E-state index in [-0.39, 0.29) is 24.8 Å². The van der Waals surface area contributed by atoms with E-state index in [0.717, 1.165) is 6.42 Å². The molecule has 0 spiro atoms. The first-order valence-electron chi connectivity index (χ1n) is 5.06. The number of hydrogen-bond acceptors (Lipinski definition) is 0. The minimum atomic E-state index is -2.52. The van der Waals surface area contributed by atoms with Gasteiger partial charge in [-0.05, 0) is 0 Å². The molecule has 1 N–H and O–H groups in total. The fraction of sp³-hybridized carbons (Fsp3) is 0.273. The van der Waals surface area contributed by atoms with Crippen LogP contribution in [0.5, 0.6) is 0 Å². The van der Waals surface area contributed by atoms with Gasteiger partial charge in [0.1, 0.15) is 0 Å². The predicted octanol–water partition coefficient (Wildman–Crippen LogP) is 2.66. The summed E-state index contributed by atoms with van der Waals surface area (Å²) in [6, 6.07) is 4.37. The van der Waals surface area contributed by atoms with Crippen LogP contribution in [-0.2, 0) is 14.0 Å². The summed E-state index contributed by atoms with van der Waals surface area (Å²) < 4.78 is 3.15. The molecule has 0 saturated carbocycles. The molecule has 0 fully saturated rings. The van der Waals surface area contributed by atoms with E-state index in [1.807, 2.05) is 6.20 Å². The van der Waals surface area contributed by atoms with E-state index < -0.39 is 14.0 Å². The second kappa shape index (κ2) is 5.28. The second-order valence-corrected chi connectivity index (χ2v) is 24.1. The van der Waals surface area contributed by atoms with Crippen molar-refractivity contribution in [2.24, 2.45) is 0 Å². The van der Waals surface area contributed by atoms with Gasteiger partial charge in [-0.3, -0.25) is 0 Å². The quantitative estimate of drug-likeness (QED) is 0.808. The molecule has 0 amide bonds. The van der Waals surface area contributed by atoms with Crippen LogP contribution in [-0.4, -0.2) is 12.6 Å². The number of rotatable bonds is 2. The molecule has 0 saturated heterocycles. The van der Waals surface area contributed by atoms with Gasteiger partial charge in [-0.25, -0.2) is 0 Å². The maximum atomic E-state index is 3.42. The molecule has 1 nitrogen and oxygen atoms in total. The van der Waals surface area contributed by atoms with Gasteiger partial charge < -0.3 is 0 Å². The van der Waals surface area contributed by atoms with Crippen LogP contribution < -0.4 is 4.00 Å². The zero-order chi connectivity index (χ0) is 10.3. The van der Waals surface area contributed by atoms with Gasteiger partial charge in [-0.15, -0.1) is 24.8 Å². The van der Waals surface area contributed by atoms with Crippen LogP contribution in [0, 0.1) is 0 Å². The van der Waals surface area contributed by atoms with Crippen LogP contribution in [0.1, 0.15) is 6.42 Å². The summed E-state index contributed by atoms with van der Waals surface area (Å²) in [7, 11) is 2.24. The summed E-state index contributed by atoms with van der Waals surface area (Å²) >= 11 is -2.52. The topological polar surface area (TPSA) is 15.8 Å². The number of nitrogens with one attached hydrogen (secondary N) is 1. The number of allylic oxidation sites excluding steroid dienone is 4. The van der Waals surface area contributed by atoms with Crippen molar-refractivity contribution in [1.82, 2.24) is 4.98 Å². The summed E-state index contributed by atoms with van der Waals surface area (Å²) in [5.41, 5.74) is 0. The van der Waals surface area contributed by atoms with Crippen LogP contribution in [0.4, 0.5) is 0 Å². The van der Waals surface area contributed by atoms with Crippen molar-refractivity contribution < 1.29 is 14.0 Å². The normalized spacial score (nSPS) is 15.1. The molecule has 1 aliphatic carbocycles. The summed E-state index contributed by atoms with van der Waals surface area (Å²) in [4.78, 5) is 3.42. The Balaban J connectivity index is 0.00000112. The molecular weight excluding hydrogens is 293 g/mol. The van der Waals surface area contributed by atoms with Crippen molar-refractivity contribution in [2.45, 2.75) is 16.9 Å². The Hall–Kier alpha value is 0.271. The number of aromatic nitrogens is 1. The molecule has 1 heterocycles. The summed E-state index contributed by atoms with van der Waals surface area (Å²) in [5.74, 6) is 0. The van der Waals surface area contributed by atoms with E-state index in [1.165, 1.54) is 4.00 Å². The van der Waals surface area contributed by atoms with Crippen LogP contribution in [0.3, 0.4) is 0 Å². The number of H-pyrrole nitrogens is 1. The van der Waals surface area contributed by atoms with E-state index in [2.05, 4.69) is 53.4 Å². The first-order valence-corrected chi connectivity index (χ1v) is 13.8. The third-order valence-corrected chi connectivity index (χ3v) is 13.7. The molecule has 1 aromatic heterocycles.